The van der Waals surface area contributed by atoms with Crippen LogP contribution in [0.15, 0.2) is 12.2 Å². The summed E-state index contributed by atoms with van der Waals surface area (Å²) >= 11 is 0. The van der Waals surface area contributed by atoms with Gasteiger partial charge in [0.1, 0.15) is 0 Å². The standard InChI is InChI=1S/C10H19N/c1-7(2)8(3)9-4-5-10(11)6-9/h7,9-10H,3-6,11H2,1-2H3/t9-,10+/m1/s1. The molecule has 11 heavy (non-hydrogen) atoms. The minimum absolute atomic E-state index is 0.440. The molecule has 0 aromatic heterocycles. The molecule has 0 radical (unpaired) electrons. The highest BCUT2D eigenvalue weighted by Crippen LogP contribution is 2.32. The Morgan fingerprint density at radius 1 is 1.45 bits per heavy atom. The summed E-state index contributed by atoms with van der Waals surface area (Å²) in [6, 6.07) is 0.440. The van der Waals surface area contributed by atoms with Gasteiger partial charge >= 0.3 is 0 Å². The Balaban J connectivity index is 2.43. The zero-order valence-electron chi connectivity index (χ0n) is 7.64. The van der Waals surface area contributed by atoms with Gasteiger partial charge in [-0.1, -0.05) is 26.0 Å². The van der Waals surface area contributed by atoms with E-state index in [2.05, 4.69) is 20.4 Å². The molecule has 0 aromatic carbocycles. The molecule has 0 unspecified atom stereocenters. The highest BCUT2D eigenvalue weighted by atomic mass is 14.6. The number of allylic oxidation sites excluding steroid dienone is 1. The predicted molar refractivity (Wildman–Crippen MR) is 49.3 cm³/mol. The van der Waals surface area contributed by atoms with E-state index in [9.17, 15) is 0 Å². The molecule has 0 spiro atoms. The topological polar surface area (TPSA) is 26.0 Å². The molecule has 0 saturated heterocycles. The Hall–Kier alpha value is -0.300. The maximum Gasteiger partial charge on any atom is 0.00447 e. The Morgan fingerprint density at radius 2 is 2.09 bits per heavy atom. The summed E-state index contributed by atoms with van der Waals surface area (Å²) in [5.74, 6) is 1.34. The quantitative estimate of drug-likeness (QED) is 0.605. The van der Waals surface area contributed by atoms with Crippen LogP contribution in [0, 0.1) is 11.8 Å². The van der Waals surface area contributed by atoms with Crippen molar-refractivity contribution in [3.05, 3.63) is 12.2 Å². The van der Waals surface area contributed by atoms with Crippen molar-refractivity contribution < 1.29 is 0 Å². The maximum atomic E-state index is 5.82. The molecule has 2 N–H and O–H groups in total. The lowest BCUT2D eigenvalue weighted by Gasteiger charge is -2.16. The van der Waals surface area contributed by atoms with Gasteiger partial charge in [-0.15, -0.1) is 0 Å². The van der Waals surface area contributed by atoms with Gasteiger partial charge in [-0.2, -0.15) is 0 Å². The molecule has 0 aliphatic heterocycles. The summed E-state index contributed by atoms with van der Waals surface area (Å²) in [6.45, 7) is 8.54. The predicted octanol–water partition coefficient (Wildman–Crippen LogP) is 2.33. The molecule has 1 saturated carbocycles. The highest BCUT2D eigenvalue weighted by molar-refractivity contribution is 5.06. The Kier molecular flexibility index (Phi) is 2.72. The first-order valence-corrected chi connectivity index (χ1v) is 4.55. The van der Waals surface area contributed by atoms with Crippen LogP contribution < -0.4 is 5.73 Å². The van der Waals surface area contributed by atoms with Gasteiger partial charge in [0.2, 0.25) is 0 Å². The molecule has 1 fully saturated rings. The lowest BCUT2D eigenvalue weighted by molar-refractivity contribution is 0.551. The lowest BCUT2D eigenvalue weighted by Crippen LogP contribution is -2.15. The van der Waals surface area contributed by atoms with Crippen molar-refractivity contribution >= 4 is 0 Å². The zero-order chi connectivity index (χ0) is 8.43. The summed E-state index contributed by atoms with van der Waals surface area (Å²) < 4.78 is 0. The van der Waals surface area contributed by atoms with Crippen LogP contribution in [0.3, 0.4) is 0 Å². The van der Waals surface area contributed by atoms with E-state index in [0.29, 0.717) is 17.9 Å². The van der Waals surface area contributed by atoms with Crippen LogP contribution in [0.25, 0.3) is 0 Å². The van der Waals surface area contributed by atoms with Gasteiger partial charge in [-0.05, 0) is 31.1 Å². The van der Waals surface area contributed by atoms with E-state index in [4.69, 9.17) is 5.73 Å². The van der Waals surface area contributed by atoms with Crippen LogP contribution in [0.5, 0.6) is 0 Å². The van der Waals surface area contributed by atoms with E-state index in [-0.39, 0.29) is 0 Å². The summed E-state index contributed by atoms with van der Waals surface area (Å²) in [5, 5.41) is 0. The van der Waals surface area contributed by atoms with Crippen molar-refractivity contribution in [1.82, 2.24) is 0 Å². The first-order valence-electron chi connectivity index (χ1n) is 4.55. The van der Waals surface area contributed by atoms with E-state index < -0.39 is 0 Å². The Labute approximate surface area is 69.7 Å². The van der Waals surface area contributed by atoms with E-state index in [1.807, 2.05) is 0 Å². The van der Waals surface area contributed by atoms with Crippen LogP contribution in [-0.2, 0) is 0 Å². The first kappa shape index (κ1) is 8.79. The molecular formula is C10H19N. The van der Waals surface area contributed by atoms with Gasteiger partial charge in [0.05, 0.1) is 0 Å². The van der Waals surface area contributed by atoms with Crippen molar-refractivity contribution in [3.63, 3.8) is 0 Å². The number of hydrogen-bond donors (Lipinski definition) is 1. The van der Waals surface area contributed by atoms with Crippen LogP contribution in [0.4, 0.5) is 0 Å². The van der Waals surface area contributed by atoms with Gasteiger partial charge in [0, 0.05) is 6.04 Å². The minimum atomic E-state index is 0.440. The summed E-state index contributed by atoms with van der Waals surface area (Å²) in [4.78, 5) is 0. The van der Waals surface area contributed by atoms with E-state index in [1.165, 1.54) is 18.4 Å². The minimum Gasteiger partial charge on any atom is -0.328 e. The number of hydrogen-bond acceptors (Lipinski definition) is 1. The average molecular weight is 153 g/mol. The third-order valence-corrected chi connectivity index (χ3v) is 2.74. The molecule has 1 aliphatic carbocycles. The molecule has 1 rings (SSSR count). The van der Waals surface area contributed by atoms with Gasteiger partial charge in [-0.25, -0.2) is 0 Å². The summed E-state index contributed by atoms with van der Waals surface area (Å²) in [6.07, 6.45) is 3.62. The fourth-order valence-corrected chi connectivity index (χ4v) is 1.82. The van der Waals surface area contributed by atoms with Crippen molar-refractivity contribution in [2.75, 3.05) is 0 Å². The smallest absolute Gasteiger partial charge is 0.00447 e. The molecule has 0 amide bonds. The van der Waals surface area contributed by atoms with Crippen LogP contribution in [0.2, 0.25) is 0 Å². The molecule has 0 aromatic rings. The third-order valence-electron chi connectivity index (χ3n) is 2.74. The number of nitrogens with two attached hydrogens (primary N) is 1. The van der Waals surface area contributed by atoms with E-state index >= 15 is 0 Å². The summed E-state index contributed by atoms with van der Waals surface area (Å²) in [5.41, 5.74) is 7.22. The normalized spacial score (nSPS) is 31.3. The lowest BCUT2D eigenvalue weighted by atomic mass is 9.90. The molecule has 64 valence electrons. The van der Waals surface area contributed by atoms with Gasteiger partial charge < -0.3 is 5.73 Å². The van der Waals surface area contributed by atoms with Crippen LogP contribution >= 0.6 is 0 Å². The third kappa shape index (κ3) is 2.06. The monoisotopic (exact) mass is 153 g/mol. The fraction of sp³-hybridized carbons (Fsp3) is 0.800. The average Bonchev–Trinajstić information content (AvgIpc) is 2.34. The van der Waals surface area contributed by atoms with Crippen molar-refractivity contribution in [2.45, 2.75) is 39.2 Å². The largest absolute Gasteiger partial charge is 0.328 e. The van der Waals surface area contributed by atoms with Crippen molar-refractivity contribution in [3.8, 4) is 0 Å². The molecule has 0 bridgehead atoms. The Morgan fingerprint density at radius 3 is 2.45 bits per heavy atom. The van der Waals surface area contributed by atoms with Crippen molar-refractivity contribution in [1.29, 1.82) is 0 Å². The molecule has 1 nitrogen and oxygen atoms in total. The zero-order valence-corrected chi connectivity index (χ0v) is 7.64. The van der Waals surface area contributed by atoms with Gasteiger partial charge in [0.25, 0.3) is 0 Å². The second kappa shape index (κ2) is 3.40. The summed E-state index contributed by atoms with van der Waals surface area (Å²) in [7, 11) is 0. The molecule has 0 heterocycles. The molecular weight excluding hydrogens is 134 g/mol. The second-order valence-corrected chi connectivity index (χ2v) is 4.00. The van der Waals surface area contributed by atoms with Crippen molar-refractivity contribution in [2.24, 2.45) is 17.6 Å². The number of rotatable bonds is 2. The maximum absolute atomic E-state index is 5.82. The van der Waals surface area contributed by atoms with Gasteiger partial charge in [-0.3, -0.25) is 0 Å². The molecule has 2 atom stereocenters. The Bertz CT molecular complexity index is 149. The van der Waals surface area contributed by atoms with E-state index in [0.717, 1.165) is 6.42 Å². The SMILES string of the molecule is C=C(C(C)C)[C@@H]1CC[C@H](N)C1. The van der Waals surface area contributed by atoms with E-state index in [1.54, 1.807) is 0 Å². The van der Waals surface area contributed by atoms with Crippen LogP contribution in [-0.4, -0.2) is 6.04 Å². The molecule has 1 heteroatoms. The fourth-order valence-electron chi connectivity index (χ4n) is 1.82. The van der Waals surface area contributed by atoms with Gasteiger partial charge in [0.15, 0.2) is 0 Å². The van der Waals surface area contributed by atoms with Crippen LogP contribution in [0.1, 0.15) is 33.1 Å². The molecule has 1 aliphatic rings. The first-order chi connectivity index (χ1) is 5.11. The highest BCUT2D eigenvalue weighted by Gasteiger charge is 2.24. The second-order valence-electron chi connectivity index (χ2n) is 4.00.